The molecule has 1 N–H and O–H groups in total. The fourth-order valence-electron chi connectivity index (χ4n) is 2.42. The van der Waals surface area contributed by atoms with Crippen LogP contribution in [0.1, 0.15) is 29.0 Å². The van der Waals surface area contributed by atoms with Gasteiger partial charge in [-0.25, -0.2) is 13.2 Å². The highest BCUT2D eigenvalue weighted by molar-refractivity contribution is 5.30. The lowest BCUT2D eigenvalue weighted by molar-refractivity contribution is 0.274. The number of halogens is 3. The summed E-state index contributed by atoms with van der Waals surface area (Å²) in [5.74, 6) is -3.08. The van der Waals surface area contributed by atoms with Crippen LogP contribution >= 0.6 is 0 Å². The molecule has 0 aliphatic carbocycles. The standard InChI is InChI=1S/C17H17F3O/c1-11-15(18)10-14(17(20)16(11)19)9-13(7-8-21)12-5-3-2-4-6-12/h2-6,10,13,21H,7-9H2,1H3. The Bertz CT molecular complexity index is 611. The third-order valence-electron chi connectivity index (χ3n) is 3.68. The lowest BCUT2D eigenvalue weighted by Crippen LogP contribution is -2.09. The third-order valence-corrected chi connectivity index (χ3v) is 3.68. The monoisotopic (exact) mass is 294 g/mol. The van der Waals surface area contributed by atoms with Gasteiger partial charge in [0.25, 0.3) is 0 Å². The molecule has 0 amide bonds. The number of benzene rings is 2. The van der Waals surface area contributed by atoms with Gasteiger partial charge in [-0.15, -0.1) is 0 Å². The molecule has 1 atom stereocenters. The van der Waals surface area contributed by atoms with Crippen LogP contribution in [0.5, 0.6) is 0 Å². The fourth-order valence-corrected chi connectivity index (χ4v) is 2.42. The Balaban J connectivity index is 2.34. The van der Waals surface area contributed by atoms with Gasteiger partial charge in [-0.05, 0) is 42.9 Å². The van der Waals surface area contributed by atoms with Crippen molar-refractivity contribution in [1.82, 2.24) is 0 Å². The van der Waals surface area contributed by atoms with Gasteiger partial charge in [0.05, 0.1) is 0 Å². The van der Waals surface area contributed by atoms with Gasteiger partial charge in [0.2, 0.25) is 0 Å². The molecule has 112 valence electrons. The van der Waals surface area contributed by atoms with Crippen LogP contribution in [-0.2, 0) is 6.42 Å². The first-order chi connectivity index (χ1) is 10.0. The van der Waals surface area contributed by atoms with Gasteiger partial charge in [0, 0.05) is 12.2 Å². The summed E-state index contributed by atoms with van der Waals surface area (Å²) in [6.45, 7) is 1.14. The number of hydrogen-bond acceptors (Lipinski definition) is 1. The number of hydrogen-bond donors (Lipinski definition) is 1. The van der Waals surface area contributed by atoms with Crippen LogP contribution in [0.2, 0.25) is 0 Å². The molecule has 0 bridgehead atoms. The van der Waals surface area contributed by atoms with E-state index in [1.54, 1.807) is 0 Å². The second-order valence-corrected chi connectivity index (χ2v) is 5.09. The fraction of sp³-hybridized carbons (Fsp3) is 0.294. The minimum atomic E-state index is -1.14. The molecule has 0 spiro atoms. The molecule has 0 fully saturated rings. The van der Waals surface area contributed by atoms with Crippen molar-refractivity contribution < 1.29 is 18.3 Å². The second kappa shape index (κ2) is 6.76. The first-order valence-electron chi connectivity index (χ1n) is 6.83. The van der Waals surface area contributed by atoms with E-state index in [4.69, 9.17) is 5.11 Å². The molecule has 0 saturated heterocycles. The highest BCUT2D eigenvalue weighted by atomic mass is 19.2. The van der Waals surface area contributed by atoms with Gasteiger partial charge in [-0.3, -0.25) is 0 Å². The van der Waals surface area contributed by atoms with E-state index in [0.717, 1.165) is 11.6 Å². The summed E-state index contributed by atoms with van der Waals surface area (Å²) in [4.78, 5) is 0. The molecule has 0 saturated carbocycles. The number of aliphatic hydroxyl groups is 1. The van der Waals surface area contributed by atoms with Crippen molar-refractivity contribution >= 4 is 0 Å². The topological polar surface area (TPSA) is 20.2 Å². The predicted molar refractivity (Wildman–Crippen MR) is 75.6 cm³/mol. The Hall–Kier alpha value is -1.81. The van der Waals surface area contributed by atoms with Crippen LogP contribution in [0, 0.1) is 24.4 Å². The smallest absolute Gasteiger partial charge is 0.164 e. The van der Waals surface area contributed by atoms with Crippen molar-refractivity contribution in [3.05, 3.63) is 70.5 Å². The zero-order chi connectivity index (χ0) is 15.4. The summed E-state index contributed by atoms with van der Waals surface area (Å²) < 4.78 is 41.2. The second-order valence-electron chi connectivity index (χ2n) is 5.09. The lowest BCUT2D eigenvalue weighted by atomic mass is 9.89. The summed E-state index contributed by atoms with van der Waals surface area (Å²) in [7, 11) is 0. The Labute approximate surface area is 122 Å². The largest absolute Gasteiger partial charge is 0.396 e. The number of aliphatic hydroxyl groups excluding tert-OH is 1. The molecule has 0 aliphatic heterocycles. The van der Waals surface area contributed by atoms with Crippen LogP contribution < -0.4 is 0 Å². The summed E-state index contributed by atoms with van der Waals surface area (Å²) in [6, 6.07) is 10.3. The SMILES string of the molecule is Cc1c(F)cc(CC(CCO)c2ccccc2)c(F)c1F. The summed E-state index contributed by atoms with van der Waals surface area (Å²) in [5, 5.41) is 9.16. The van der Waals surface area contributed by atoms with Crippen molar-refractivity contribution in [1.29, 1.82) is 0 Å². The van der Waals surface area contributed by atoms with Crippen LogP contribution in [0.4, 0.5) is 13.2 Å². The predicted octanol–water partition coefficient (Wildman–Crippen LogP) is 4.12. The van der Waals surface area contributed by atoms with E-state index in [2.05, 4.69) is 0 Å². The molecule has 2 aromatic rings. The molecule has 0 aliphatic rings. The molecule has 0 aromatic heterocycles. The Morgan fingerprint density at radius 2 is 1.71 bits per heavy atom. The highest BCUT2D eigenvalue weighted by Crippen LogP contribution is 2.28. The van der Waals surface area contributed by atoms with Crippen molar-refractivity contribution in [3.8, 4) is 0 Å². The molecular formula is C17H17F3O. The minimum absolute atomic E-state index is 0.00194. The Morgan fingerprint density at radius 3 is 2.33 bits per heavy atom. The third kappa shape index (κ3) is 3.45. The van der Waals surface area contributed by atoms with Crippen molar-refractivity contribution in [2.75, 3.05) is 6.61 Å². The van der Waals surface area contributed by atoms with E-state index in [1.165, 1.54) is 6.92 Å². The maximum Gasteiger partial charge on any atom is 0.164 e. The maximum absolute atomic E-state index is 14.0. The molecule has 0 radical (unpaired) electrons. The van der Waals surface area contributed by atoms with Crippen molar-refractivity contribution in [3.63, 3.8) is 0 Å². The van der Waals surface area contributed by atoms with Gasteiger partial charge in [-0.1, -0.05) is 30.3 Å². The molecule has 1 unspecified atom stereocenters. The molecular weight excluding hydrogens is 277 g/mol. The van der Waals surface area contributed by atoms with E-state index >= 15 is 0 Å². The van der Waals surface area contributed by atoms with E-state index in [1.807, 2.05) is 30.3 Å². The number of rotatable bonds is 5. The van der Waals surface area contributed by atoms with Crippen LogP contribution in [0.3, 0.4) is 0 Å². The molecule has 4 heteroatoms. The molecule has 2 aromatic carbocycles. The van der Waals surface area contributed by atoms with Crippen LogP contribution in [-0.4, -0.2) is 11.7 Å². The zero-order valence-electron chi connectivity index (χ0n) is 11.7. The molecule has 1 nitrogen and oxygen atoms in total. The Morgan fingerprint density at radius 1 is 1.05 bits per heavy atom. The Kier molecular flexibility index (Phi) is 5.02. The van der Waals surface area contributed by atoms with Crippen LogP contribution in [0.25, 0.3) is 0 Å². The van der Waals surface area contributed by atoms with E-state index in [-0.39, 0.29) is 30.1 Å². The van der Waals surface area contributed by atoms with Gasteiger partial charge < -0.3 is 5.11 Å². The average Bonchev–Trinajstić information content (AvgIpc) is 2.50. The quantitative estimate of drug-likeness (QED) is 0.822. The molecule has 2 rings (SSSR count). The zero-order valence-corrected chi connectivity index (χ0v) is 11.7. The van der Waals surface area contributed by atoms with E-state index in [0.29, 0.717) is 6.42 Å². The van der Waals surface area contributed by atoms with Crippen molar-refractivity contribution in [2.24, 2.45) is 0 Å². The maximum atomic E-state index is 14.0. The van der Waals surface area contributed by atoms with Crippen LogP contribution in [0.15, 0.2) is 36.4 Å². The molecule has 0 heterocycles. The normalized spacial score (nSPS) is 12.4. The van der Waals surface area contributed by atoms with Gasteiger partial charge >= 0.3 is 0 Å². The van der Waals surface area contributed by atoms with Gasteiger partial charge in [0.15, 0.2) is 11.6 Å². The minimum Gasteiger partial charge on any atom is -0.396 e. The summed E-state index contributed by atoms with van der Waals surface area (Å²) in [5.41, 5.74) is 0.597. The first-order valence-corrected chi connectivity index (χ1v) is 6.83. The van der Waals surface area contributed by atoms with Crippen molar-refractivity contribution in [2.45, 2.75) is 25.7 Å². The highest BCUT2D eigenvalue weighted by Gasteiger charge is 2.19. The van der Waals surface area contributed by atoms with Gasteiger partial charge in [0.1, 0.15) is 5.82 Å². The average molecular weight is 294 g/mol. The summed E-state index contributed by atoms with van der Waals surface area (Å²) in [6.07, 6.45) is 0.547. The van der Waals surface area contributed by atoms with Gasteiger partial charge in [-0.2, -0.15) is 0 Å². The summed E-state index contributed by atoms with van der Waals surface area (Å²) >= 11 is 0. The van der Waals surface area contributed by atoms with E-state index in [9.17, 15) is 13.2 Å². The first kappa shape index (κ1) is 15.6. The van der Waals surface area contributed by atoms with E-state index < -0.39 is 17.5 Å². The lowest BCUT2D eigenvalue weighted by Gasteiger charge is -2.17. The molecule has 21 heavy (non-hydrogen) atoms.